The molecule has 0 spiro atoms. The highest BCUT2D eigenvalue weighted by Gasteiger charge is 2.21. The lowest BCUT2D eigenvalue weighted by Crippen LogP contribution is -2.30. The second-order valence-corrected chi connectivity index (χ2v) is 5.05. The molecular formula is C15H15F2N3O3. The number of aliphatic carboxylic acids is 1. The second kappa shape index (κ2) is 6.55. The highest BCUT2D eigenvalue weighted by atomic mass is 19.1. The van der Waals surface area contributed by atoms with E-state index in [1.54, 1.807) is 6.92 Å². The standard InChI is InChI=1S/C15H15F2N3O3/c1-9-8-20(14-10(16)4-3-5-11(14)17)18-13(9)15(23)19(2)7-6-12(21)22/h3-5,8H,6-7H2,1-2H3,(H,21,22). The van der Waals surface area contributed by atoms with Gasteiger partial charge in [-0.25, -0.2) is 13.5 Å². The molecule has 122 valence electrons. The van der Waals surface area contributed by atoms with Crippen LogP contribution in [-0.2, 0) is 4.79 Å². The van der Waals surface area contributed by atoms with Crippen molar-refractivity contribution in [3.8, 4) is 5.69 Å². The summed E-state index contributed by atoms with van der Waals surface area (Å²) in [5.41, 5.74) is 0.0724. The molecule has 23 heavy (non-hydrogen) atoms. The molecule has 1 amide bonds. The van der Waals surface area contributed by atoms with Gasteiger partial charge in [0.1, 0.15) is 5.69 Å². The van der Waals surface area contributed by atoms with Gasteiger partial charge in [0, 0.05) is 25.4 Å². The number of hydrogen-bond donors (Lipinski definition) is 1. The predicted octanol–water partition coefficient (Wildman–Crippen LogP) is 2.01. The SMILES string of the molecule is Cc1cn(-c2c(F)cccc2F)nc1C(=O)N(C)CCC(=O)O. The fourth-order valence-corrected chi connectivity index (χ4v) is 2.04. The van der Waals surface area contributed by atoms with E-state index in [1.165, 1.54) is 24.2 Å². The second-order valence-electron chi connectivity index (χ2n) is 5.05. The summed E-state index contributed by atoms with van der Waals surface area (Å²) in [4.78, 5) is 24.0. The first kappa shape index (κ1) is 16.6. The van der Waals surface area contributed by atoms with Gasteiger partial charge in [0.15, 0.2) is 17.3 Å². The quantitative estimate of drug-likeness (QED) is 0.913. The van der Waals surface area contributed by atoms with E-state index in [-0.39, 0.29) is 24.3 Å². The van der Waals surface area contributed by atoms with Crippen LogP contribution in [0.4, 0.5) is 8.78 Å². The van der Waals surface area contributed by atoms with E-state index in [2.05, 4.69) is 5.10 Å². The zero-order valence-corrected chi connectivity index (χ0v) is 12.6. The molecule has 0 fully saturated rings. The number of hydrogen-bond acceptors (Lipinski definition) is 3. The highest BCUT2D eigenvalue weighted by Crippen LogP contribution is 2.19. The summed E-state index contributed by atoms with van der Waals surface area (Å²) in [7, 11) is 1.44. The van der Waals surface area contributed by atoms with Crippen molar-refractivity contribution in [3.63, 3.8) is 0 Å². The minimum absolute atomic E-state index is 0.00846. The van der Waals surface area contributed by atoms with Gasteiger partial charge in [0.2, 0.25) is 0 Å². The molecule has 1 aromatic carbocycles. The third-order valence-electron chi connectivity index (χ3n) is 3.27. The number of para-hydroxylation sites is 1. The Kier molecular flexibility index (Phi) is 4.73. The minimum atomic E-state index is -1.03. The molecule has 0 radical (unpaired) electrons. The van der Waals surface area contributed by atoms with Crippen molar-refractivity contribution in [2.45, 2.75) is 13.3 Å². The fraction of sp³-hybridized carbons (Fsp3) is 0.267. The van der Waals surface area contributed by atoms with Gasteiger partial charge in [-0.3, -0.25) is 9.59 Å². The maximum atomic E-state index is 13.8. The molecule has 1 aromatic heterocycles. The van der Waals surface area contributed by atoms with E-state index in [0.717, 1.165) is 16.8 Å². The van der Waals surface area contributed by atoms with Gasteiger partial charge in [-0.1, -0.05) is 6.07 Å². The molecule has 2 rings (SSSR count). The number of aromatic nitrogens is 2. The van der Waals surface area contributed by atoms with Crippen molar-refractivity contribution in [3.05, 3.63) is 47.3 Å². The molecule has 6 nitrogen and oxygen atoms in total. The van der Waals surface area contributed by atoms with Gasteiger partial charge < -0.3 is 10.0 Å². The third kappa shape index (κ3) is 3.53. The van der Waals surface area contributed by atoms with Crippen LogP contribution in [0.3, 0.4) is 0 Å². The van der Waals surface area contributed by atoms with Crippen LogP contribution in [0.5, 0.6) is 0 Å². The van der Waals surface area contributed by atoms with E-state index in [9.17, 15) is 18.4 Å². The lowest BCUT2D eigenvalue weighted by Gasteiger charge is -2.14. The molecule has 1 N–H and O–H groups in total. The topological polar surface area (TPSA) is 75.4 Å². The highest BCUT2D eigenvalue weighted by molar-refractivity contribution is 5.93. The Hall–Kier alpha value is -2.77. The van der Waals surface area contributed by atoms with E-state index in [1.807, 2.05) is 0 Å². The monoisotopic (exact) mass is 323 g/mol. The van der Waals surface area contributed by atoms with Crippen molar-refractivity contribution in [1.82, 2.24) is 14.7 Å². The smallest absolute Gasteiger partial charge is 0.305 e. The van der Waals surface area contributed by atoms with Crippen LogP contribution >= 0.6 is 0 Å². The number of carboxylic acids is 1. The Morgan fingerprint density at radius 1 is 1.30 bits per heavy atom. The third-order valence-corrected chi connectivity index (χ3v) is 3.27. The maximum absolute atomic E-state index is 13.8. The lowest BCUT2D eigenvalue weighted by atomic mass is 10.2. The summed E-state index contributed by atoms with van der Waals surface area (Å²) in [5.74, 6) is -3.14. The van der Waals surface area contributed by atoms with Gasteiger partial charge in [-0.15, -0.1) is 0 Å². The van der Waals surface area contributed by atoms with Crippen LogP contribution in [0, 0.1) is 18.6 Å². The molecule has 8 heteroatoms. The molecule has 0 aliphatic heterocycles. The van der Waals surface area contributed by atoms with Crippen LogP contribution in [0.25, 0.3) is 5.69 Å². The molecule has 0 bridgehead atoms. The number of carbonyl (C=O) groups is 2. The van der Waals surface area contributed by atoms with Crippen LogP contribution in [0.15, 0.2) is 24.4 Å². The Balaban J connectivity index is 2.31. The van der Waals surface area contributed by atoms with Crippen molar-refractivity contribution in [2.24, 2.45) is 0 Å². The molecule has 1 heterocycles. The molecule has 0 aliphatic rings. The van der Waals surface area contributed by atoms with Crippen LogP contribution in [-0.4, -0.2) is 45.3 Å². The molecule has 0 aliphatic carbocycles. The van der Waals surface area contributed by atoms with Gasteiger partial charge in [0.05, 0.1) is 6.42 Å². The Labute approximate surface area is 130 Å². The molecule has 2 aromatic rings. The summed E-state index contributed by atoms with van der Waals surface area (Å²) < 4.78 is 28.5. The fourth-order valence-electron chi connectivity index (χ4n) is 2.04. The van der Waals surface area contributed by atoms with Gasteiger partial charge in [-0.2, -0.15) is 5.10 Å². The average Bonchev–Trinajstić information content (AvgIpc) is 2.85. The van der Waals surface area contributed by atoms with Crippen molar-refractivity contribution in [2.75, 3.05) is 13.6 Å². The summed E-state index contributed by atoms with van der Waals surface area (Å²) in [6.07, 6.45) is 1.14. The van der Waals surface area contributed by atoms with Gasteiger partial charge in [-0.05, 0) is 19.1 Å². The number of amides is 1. The Bertz CT molecular complexity index is 738. The molecule has 0 saturated carbocycles. The number of benzene rings is 1. The summed E-state index contributed by atoms with van der Waals surface area (Å²) >= 11 is 0. The molecular weight excluding hydrogens is 308 g/mol. The van der Waals surface area contributed by atoms with Gasteiger partial charge in [0.25, 0.3) is 5.91 Å². The zero-order valence-electron chi connectivity index (χ0n) is 12.6. The lowest BCUT2D eigenvalue weighted by molar-refractivity contribution is -0.137. The predicted molar refractivity (Wildman–Crippen MR) is 77.4 cm³/mol. The Morgan fingerprint density at radius 2 is 1.91 bits per heavy atom. The zero-order chi connectivity index (χ0) is 17.1. The summed E-state index contributed by atoms with van der Waals surface area (Å²) in [5, 5.41) is 12.6. The first-order valence-corrected chi connectivity index (χ1v) is 6.79. The van der Waals surface area contributed by atoms with E-state index < -0.39 is 23.5 Å². The minimum Gasteiger partial charge on any atom is -0.481 e. The van der Waals surface area contributed by atoms with Crippen molar-refractivity contribution < 1.29 is 23.5 Å². The molecule has 0 unspecified atom stereocenters. The van der Waals surface area contributed by atoms with E-state index >= 15 is 0 Å². The number of carbonyl (C=O) groups excluding carboxylic acids is 1. The number of halogens is 2. The van der Waals surface area contributed by atoms with E-state index in [0.29, 0.717) is 5.56 Å². The molecule has 0 atom stereocenters. The number of nitrogens with zero attached hydrogens (tertiary/aromatic N) is 3. The number of aryl methyl sites for hydroxylation is 1. The van der Waals surface area contributed by atoms with Crippen LogP contribution in [0.2, 0.25) is 0 Å². The summed E-state index contributed by atoms with van der Waals surface area (Å²) in [6.45, 7) is 1.59. The maximum Gasteiger partial charge on any atom is 0.305 e. The largest absolute Gasteiger partial charge is 0.481 e. The normalized spacial score (nSPS) is 10.6. The summed E-state index contributed by atoms with van der Waals surface area (Å²) in [6, 6.07) is 3.42. The van der Waals surface area contributed by atoms with Crippen LogP contribution in [0.1, 0.15) is 22.5 Å². The van der Waals surface area contributed by atoms with Crippen molar-refractivity contribution in [1.29, 1.82) is 0 Å². The Morgan fingerprint density at radius 3 is 2.48 bits per heavy atom. The first-order valence-electron chi connectivity index (χ1n) is 6.79. The van der Waals surface area contributed by atoms with Gasteiger partial charge >= 0.3 is 5.97 Å². The number of rotatable bonds is 5. The molecule has 0 saturated heterocycles. The average molecular weight is 323 g/mol. The van der Waals surface area contributed by atoms with Crippen LogP contribution < -0.4 is 0 Å². The van der Waals surface area contributed by atoms with E-state index in [4.69, 9.17) is 5.11 Å². The number of carboxylic acid groups (broad SMARTS) is 1. The first-order chi connectivity index (χ1) is 10.8. The van der Waals surface area contributed by atoms with Crippen molar-refractivity contribution >= 4 is 11.9 Å².